The van der Waals surface area contributed by atoms with E-state index in [2.05, 4.69) is 26.4 Å². The highest BCUT2D eigenvalue weighted by Crippen LogP contribution is 2.22. The van der Waals surface area contributed by atoms with Crippen LogP contribution >= 0.6 is 27.5 Å². The van der Waals surface area contributed by atoms with Gasteiger partial charge in [0.1, 0.15) is 5.69 Å². The van der Waals surface area contributed by atoms with E-state index in [9.17, 15) is 4.79 Å². The van der Waals surface area contributed by atoms with E-state index < -0.39 is 0 Å². The average molecular weight is 392 g/mol. The maximum absolute atomic E-state index is 12.1. The minimum absolute atomic E-state index is 0.164. The molecule has 1 heterocycles. The van der Waals surface area contributed by atoms with Crippen LogP contribution in [0.5, 0.6) is 0 Å². The molecule has 4 nitrogen and oxygen atoms in total. The van der Waals surface area contributed by atoms with Gasteiger partial charge in [0.25, 0.3) is 5.91 Å². The molecule has 6 heteroatoms. The van der Waals surface area contributed by atoms with Gasteiger partial charge < -0.3 is 9.84 Å². The van der Waals surface area contributed by atoms with Crippen molar-refractivity contribution in [3.63, 3.8) is 0 Å². The SMILES string of the molecule is O=C(NCc1ccc(Br)cc1)c1cc(-c2cccc(Cl)c2)no1. The second-order valence-corrected chi connectivity index (χ2v) is 6.25. The Morgan fingerprint density at radius 1 is 1.17 bits per heavy atom. The molecular weight excluding hydrogens is 380 g/mol. The summed E-state index contributed by atoms with van der Waals surface area (Å²) in [4.78, 5) is 12.1. The van der Waals surface area contributed by atoms with Crippen molar-refractivity contribution in [3.05, 3.63) is 75.4 Å². The first-order valence-electron chi connectivity index (χ1n) is 6.87. The molecule has 0 aliphatic rings. The fourth-order valence-corrected chi connectivity index (χ4v) is 2.49. The highest BCUT2D eigenvalue weighted by molar-refractivity contribution is 9.10. The zero-order valence-electron chi connectivity index (χ0n) is 11.9. The molecule has 0 spiro atoms. The van der Waals surface area contributed by atoms with Crippen LogP contribution in [0.15, 0.2) is 63.6 Å². The molecule has 1 aromatic heterocycles. The van der Waals surface area contributed by atoms with Gasteiger partial charge in [0.2, 0.25) is 5.76 Å². The molecule has 0 saturated carbocycles. The third-order valence-electron chi connectivity index (χ3n) is 3.22. The molecule has 0 saturated heterocycles. The monoisotopic (exact) mass is 390 g/mol. The minimum Gasteiger partial charge on any atom is -0.350 e. The van der Waals surface area contributed by atoms with Crippen molar-refractivity contribution in [2.45, 2.75) is 6.54 Å². The summed E-state index contributed by atoms with van der Waals surface area (Å²) in [5.74, 6) is -0.147. The number of amides is 1. The Kier molecular flexibility index (Phi) is 4.79. The topological polar surface area (TPSA) is 55.1 Å². The largest absolute Gasteiger partial charge is 0.350 e. The molecule has 1 amide bonds. The minimum atomic E-state index is -0.311. The third-order valence-corrected chi connectivity index (χ3v) is 3.98. The van der Waals surface area contributed by atoms with Crippen molar-refractivity contribution < 1.29 is 9.32 Å². The lowest BCUT2D eigenvalue weighted by molar-refractivity contribution is 0.0914. The molecule has 0 atom stereocenters. The fourth-order valence-electron chi connectivity index (χ4n) is 2.04. The molecule has 2 aromatic carbocycles. The highest BCUT2D eigenvalue weighted by atomic mass is 79.9. The summed E-state index contributed by atoms with van der Waals surface area (Å²) in [6, 6.07) is 16.5. The van der Waals surface area contributed by atoms with Crippen LogP contribution in [-0.4, -0.2) is 11.1 Å². The first kappa shape index (κ1) is 15.8. The number of rotatable bonds is 4. The Morgan fingerprint density at radius 2 is 1.96 bits per heavy atom. The number of carbonyl (C=O) groups is 1. The Labute approximate surface area is 146 Å². The van der Waals surface area contributed by atoms with E-state index in [4.69, 9.17) is 16.1 Å². The van der Waals surface area contributed by atoms with E-state index in [-0.39, 0.29) is 11.7 Å². The lowest BCUT2D eigenvalue weighted by atomic mass is 10.1. The van der Waals surface area contributed by atoms with Crippen LogP contribution in [0.3, 0.4) is 0 Å². The van der Waals surface area contributed by atoms with Crippen LogP contribution in [0.25, 0.3) is 11.3 Å². The number of hydrogen-bond acceptors (Lipinski definition) is 3. The number of benzene rings is 2. The summed E-state index contributed by atoms with van der Waals surface area (Å²) in [7, 11) is 0. The zero-order chi connectivity index (χ0) is 16.2. The van der Waals surface area contributed by atoms with Gasteiger partial charge in [-0.25, -0.2) is 0 Å². The summed E-state index contributed by atoms with van der Waals surface area (Å²) in [6.45, 7) is 0.416. The van der Waals surface area contributed by atoms with E-state index in [0.717, 1.165) is 15.6 Å². The maximum Gasteiger partial charge on any atom is 0.290 e. The molecule has 3 aromatic rings. The standard InChI is InChI=1S/C17H12BrClN2O2/c18-13-6-4-11(5-7-13)10-20-17(22)16-9-15(21-23-16)12-2-1-3-14(19)8-12/h1-9H,10H2,(H,20,22). The quantitative estimate of drug-likeness (QED) is 0.702. The van der Waals surface area contributed by atoms with E-state index in [1.54, 1.807) is 18.2 Å². The maximum atomic E-state index is 12.1. The predicted octanol–water partition coefficient (Wildman–Crippen LogP) is 4.69. The van der Waals surface area contributed by atoms with Gasteiger partial charge >= 0.3 is 0 Å². The lowest BCUT2D eigenvalue weighted by Crippen LogP contribution is -2.22. The number of aromatic nitrogens is 1. The zero-order valence-corrected chi connectivity index (χ0v) is 14.3. The molecule has 0 unspecified atom stereocenters. The Morgan fingerprint density at radius 3 is 2.70 bits per heavy atom. The van der Waals surface area contributed by atoms with Crippen molar-refractivity contribution in [2.75, 3.05) is 0 Å². The second kappa shape index (κ2) is 6.98. The summed E-state index contributed by atoms with van der Waals surface area (Å²) in [6.07, 6.45) is 0. The molecule has 116 valence electrons. The molecule has 23 heavy (non-hydrogen) atoms. The van der Waals surface area contributed by atoms with E-state index in [1.165, 1.54) is 0 Å². The van der Waals surface area contributed by atoms with Crippen LogP contribution in [0.1, 0.15) is 16.1 Å². The van der Waals surface area contributed by atoms with Gasteiger partial charge in [-0.1, -0.05) is 57.0 Å². The van der Waals surface area contributed by atoms with Gasteiger partial charge in [-0.3, -0.25) is 4.79 Å². The van der Waals surface area contributed by atoms with Crippen LogP contribution in [-0.2, 0) is 6.54 Å². The van der Waals surface area contributed by atoms with Crippen LogP contribution < -0.4 is 5.32 Å². The molecule has 1 N–H and O–H groups in total. The molecule has 0 aliphatic heterocycles. The van der Waals surface area contributed by atoms with Crippen molar-refractivity contribution in [2.24, 2.45) is 0 Å². The molecule has 3 rings (SSSR count). The third kappa shape index (κ3) is 4.00. The Hall–Kier alpha value is -2.11. The summed E-state index contributed by atoms with van der Waals surface area (Å²) in [5, 5.41) is 7.31. The highest BCUT2D eigenvalue weighted by Gasteiger charge is 2.14. The molecule has 0 aliphatic carbocycles. The van der Waals surface area contributed by atoms with Gasteiger partial charge in [0, 0.05) is 27.7 Å². The Balaban J connectivity index is 1.67. The van der Waals surface area contributed by atoms with Crippen molar-refractivity contribution in [1.29, 1.82) is 0 Å². The fraction of sp³-hybridized carbons (Fsp3) is 0.0588. The van der Waals surface area contributed by atoms with Crippen LogP contribution in [0, 0.1) is 0 Å². The van der Waals surface area contributed by atoms with Crippen molar-refractivity contribution in [1.82, 2.24) is 10.5 Å². The van der Waals surface area contributed by atoms with Crippen molar-refractivity contribution >= 4 is 33.4 Å². The van der Waals surface area contributed by atoms with Gasteiger partial charge in [-0.05, 0) is 29.8 Å². The van der Waals surface area contributed by atoms with Crippen LogP contribution in [0.4, 0.5) is 0 Å². The molecule has 0 radical (unpaired) electrons. The van der Waals surface area contributed by atoms with E-state index >= 15 is 0 Å². The van der Waals surface area contributed by atoms with Crippen LogP contribution in [0.2, 0.25) is 5.02 Å². The first-order chi connectivity index (χ1) is 11.1. The van der Waals surface area contributed by atoms with Gasteiger partial charge in [0.15, 0.2) is 0 Å². The summed E-state index contributed by atoms with van der Waals surface area (Å²) < 4.78 is 6.11. The van der Waals surface area contributed by atoms with Gasteiger partial charge in [-0.2, -0.15) is 0 Å². The number of halogens is 2. The molecule has 0 fully saturated rings. The first-order valence-corrected chi connectivity index (χ1v) is 8.04. The average Bonchev–Trinajstić information content (AvgIpc) is 3.04. The summed E-state index contributed by atoms with van der Waals surface area (Å²) in [5.41, 5.74) is 2.37. The number of nitrogens with one attached hydrogen (secondary N) is 1. The molecular formula is C17H12BrClN2O2. The van der Waals surface area contributed by atoms with Gasteiger partial charge in [0.05, 0.1) is 0 Å². The number of nitrogens with zero attached hydrogens (tertiary/aromatic N) is 1. The van der Waals surface area contributed by atoms with E-state index in [1.807, 2.05) is 36.4 Å². The molecule has 0 bridgehead atoms. The number of hydrogen-bond donors (Lipinski definition) is 1. The van der Waals surface area contributed by atoms with Crippen molar-refractivity contribution in [3.8, 4) is 11.3 Å². The van der Waals surface area contributed by atoms with Gasteiger partial charge in [-0.15, -0.1) is 0 Å². The number of carbonyl (C=O) groups excluding carboxylic acids is 1. The smallest absolute Gasteiger partial charge is 0.290 e. The predicted molar refractivity (Wildman–Crippen MR) is 92.3 cm³/mol. The Bertz CT molecular complexity index is 831. The lowest BCUT2D eigenvalue weighted by Gasteiger charge is -2.02. The second-order valence-electron chi connectivity index (χ2n) is 4.90. The summed E-state index contributed by atoms with van der Waals surface area (Å²) >= 11 is 9.32. The normalized spacial score (nSPS) is 10.5. The van der Waals surface area contributed by atoms with E-state index in [0.29, 0.717) is 17.3 Å².